The summed E-state index contributed by atoms with van der Waals surface area (Å²) < 4.78 is 0. The number of hydrogen-bond donors (Lipinski definition) is 2. The van der Waals surface area contributed by atoms with Crippen molar-refractivity contribution in [3.63, 3.8) is 0 Å². The van der Waals surface area contributed by atoms with Crippen molar-refractivity contribution in [2.24, 2.45) is 5.10 Å². The topological polar surface area (TPSA) is 82.5 Å². The van der Waals surface area contributed by atoms with Gasteiger partial charge in [-0.25, -0.2) is 9.97 Å². The number of hydrogen-bond acceptors (Lipinski definition) is 6. The van der Waals surface area contributed by atoms with Gasteiger partial charge in [0.25, 0.3) is 5.91 Å². The molecule has 2 aromatic rings. The van der Waals surface area contributed by atoms with E-state index in [1.54, 1.807) is 18.5 Å². The third kappa shape index (κ3) is 4.07. The lowest BCUT2D eigenvalue weighted by Gasteiger charge is -2.14. The Morgan fingerprint density at radius 1 is 1.17 bits per heavy atom. The van der Waals surface area contributed by atoms with Gasteiger partial charge in [-0.3, -0.25) is 9.80 Å². The van der Waals surface area contributed by atoms with Crippen molar-refractivity contribution in [3.8, 4) is 0 Å². The zero-order chi connectivity index (χ0) is 16.8. The van der Waals surface area contributed by atoms with Crippen LogP contribution in [0.2, 0.25) is 0 Å². The zero-order valence-corrected chi connectivity index (χ0v) is 13.6. The molecular weight excluding hydrogens is 304 g/mol. The van der Waals surface area contributed by atoms with Crippen molar-refractivity contribution in [3.05, 3.63) is 48.3 Å². The fourth-order valence-corrected chi connectivity index (χ4v) is 2.39. The number of hydrazone groups is 1. The molecule has 24 heavy (non-hydrogen) atoms. The van der Waals surface area contributed by atoms with Gasteiger partial charge in [0.05, 0.1) is 5.69 Å². The van der Waals surface area contributed by atoms with E-state index < -0.39 is 0 Å². The van der Waals surface area contributed by atoms with Crippen LogP contribution < -0.4 is 15.6 Å². The molecule has 7 heteroatoms. The van der Waals surface area contributed by atoms with Gasteiger partial charge in [0, 0.05) is 49.7 Å². The molecule has 3 rings (SSSR count). The van der Waals surface area contributed by atoms with Crippen LogP contribution in [-0.4, -0.2) is 41.2 Å². The molecule has 1 aliphatic rings. The maximum atomic E-state index is 12.1. The fraction of sp³-hybridized carbons (Fsp3) is 0.294. The summed E-state index contributed by atoms with van der Waals surface area (Å²) in [5, 5.41) is 12.3. The number of carbonyl (C=O) groups excluding carboxylic acids is 1. The van der Waals surface area contributed by atoms with Gasteiger partial charge in [0.15, 0.2) is 0 Å². The van der Waals surface area contributed by atoms with E-state index >= 15 is 0 Å². The van der Waals surface area contributed by atoms with Crippen LogP contribution in [0.15, 0.2) is 47.8 Å². The van der Waals surface area contributed by atoms with Crippen LogP contribution in [-0.2, 0) is 0 Å². The lowest BCUT2D eigenvalue weighted by molar-refractivity contribution is 0.0955. The molecule has 7 nitrogen and oxygen atoms in total. The van der Waals surface area contributed by atoms with E-state index in [0.717, 1.165) is 24.4 Å². The van der Waals surface area contributed by atoms with Gasteiger partial charge in [-0.1, -0.05) is 0 Å². The molecule has 2 N–H and O–H groups in total. The highest BCUT2D eigenvalue weighted by Crippen LogP contribution is 2.19. The Labute approximate surface area is 140 Å². The van der Waals surface area contributed by atoms with E-state index in [-0.39, 0.29) is 5.91 Å². The van der Waals surface area contributed by atoms with Crippen LogP contribution in [0.5, 0.6) is 0 Å². The number of benzene rings is 1. The lowest BCUT2D eigenvalue weighted by Crippen LogP contribution is -2.29. The molecule has 0 radical (unpaired) electrons. The Hall–Kier alpha value is -2.96. The van der Waals surface area contributed by atoms with Crippen molar-refractivity contribution in [2.45, 2.75) is 13.3 Å². The monoisotopic (exact) mass is 324 g/mol. The Morgan fingerprint density at radius 2 is 1.92 bits per heavy atom. The number of nitrogens with one attached hydrogen (secondary N) is 2. The number of anilines is 2. The first kappa shape index (κ1) is 15.9. The Balaban J connectivity index is 1.47. The molecule has 124 valence electrons. The smallest absolute Gasteiger partial charge is 0.251 e. The molecule has 1 aromatic carbocycles. The molecule has 0 fully saturated rings. The first-order valence-electron chi connectivity index (χ1n) is 7.93. The van der Waals surface area contributed by atoms with Gasteiger partial charge < -0.3 is 10.6 Å². The summed E-state index contributed by atoms with van der Waals surface area (Å²) in [5.41, 5.74) is 2.77. The Kier molecular flexibility index (Phi) is 5.00. The zero-order valence-electron chi connectivity index (χ0n) is 13.6. The van der Waals surface area contributed by atoms with Crippen molar-refractivity contribution in [2.75, 3.05) is 30.0 Å². The molecule has 0 spiro atoms. The molecule has 0 aliphatic carbocycles. The number of aromatic nitrogens is 2. The molecule has 0 atom stereocenters. The van der Waals surface area contributed by atoms with Crippen LogP contribution in [0.4, 0.5) is 11.6 Å². The molecular formula is C17H20N6O. The maximum Gasteiger partial charge on any atom is 0.251 e. The molecule has 0 unspecified atom stereocenters. The summed E-state index contributed by atoms with van der Waals surface area (Å²) >= 11 is 0. The standard InChI is InChI=1S/C17H20N6O/c1-13-7-12-23(22-13)15-5-3-14(4-6-15)16(24)18-10-11-21-17-19-8-2-9-20-17/h2-6,8-9H,7,10-12H2,1H3,(H,18,24)(H,19,20,21). The third-order valence-electron chi connectivity index (χ3n) is 3.66. The first-order chi connectivity index (χ1) is 11.7. The van der Waals surface area contributed by atoms with Gasteiger partial charge in [-0.05, 0) is 37.3 Å². The minimum atomic E-state index is -0.0987. The van der Waals surface area contributed by atoms with Gasteiger partial charge in [0.1, 0.15) is 0 Å². The minimum Gasteiger partial charge on any atom is -0.352 e. The normalized spacial score (nSPS) is 13.5. The third-order valence-corrected chi connectivity index (χ3v) is 3.66. The van der Waals surface area contributed by atoms with Crippen LogP contribution in [0.1, 0.15) is 23.7 Å². The molecule has 1 aliphatic heterocycles. The highest BCUT2D eigenvalue weighted by atomic mass is 16.1. The van der Waals surface area contributed by atoms with Gasteiger partial charge >= 0.3 is 0 Å². The molecule has 1 amide bonds. The van der Waals surface area contributed by atoms with E-state index in [1.165, 1.54) is 0 Å². The number of nitrogens with zero attached hydrogens (tertiary/aromatic N) is 4. The molecule has 0 bridgehead atoms. The lowest BCUT2D eigenvalue weighted by atomic mass is 10.2. The average Bonchev–Trinajstić information content (AvgIpc) is 3.06. The molecule has 1 aromatic heterocycles. The SMILES string of the molecule is CC1=NN(c2ccc(C(=O)NCCNc3ncccn3)cc2)CC1. The van der Waals surface area contributed by atoms with E-state index in [0.29, 0.717) is 24.6 Å². The summed E-state index contributed by atoms with van der Waals surface area (Å²) in [7, 11) is 0. The highest BCUT2D eigenvalue weighted by molar-refractivity contribution is 5.94. The van der Waals surface area contributed by atoms with Crippen molar-refractivity contribution in [1.82, 2.24) is 15.3 Å². The summed E-state index contributed by atoms with van der Waals surface area (Å²) in [6, 6.07) is 9.24. The predicted molar refractivity (Wildman–Crippen MR) is 94.4 cm³/mol. The largest absolute Gasteiger partial charge is 0.352 e. The van der Waals surface area contributed by atoms with Crippen LogP contribution in [0.3, 0.4) is 0 Å². The van der Waals surface area contributed by atoms with E-state index in [9.17, 15) is 4.79 Å². The van der Waals surface area contributed by atoms with Gasteiger partial charge in [-0.2, -0.15) is 5.10 Å². The molecule has 2 heterocycles. The van der Waals surface area contributed by atoms with Gasteiger partial charge in [0.2, 0.25) is 5.95 Å². The van der Waals surface area contributed by atoms with Crippen LogP contribution in [0, 0.1) is 0 Å². The van der Waals surface area contributed by atoms with Crippen LogP contribution in [0.25, 0.3) is 0 Å². The van der Waals surface area contributed by atoms with E-state index in [2.05, 4.69) is 25.7 Å². The number of carbonyl (C=O) groups is 1. The average molecular weight is 324 g/mol. The Morgan fingerprint density at radius 3 is 2.58 bits per heavy atom. The summed E-state index contributed by atoms with van der Waals surface area (Å²) in [4.78, 5) is 20.2. The van der Waals surface area contributed by atoms with E-state index in [4.69, 9.17) is 0 Å². The second-order valence-electron chi connectivity index (χ2n) is 5.51. The van der Waals surface area contributed by atoms with Crippen molar-refractivity contribution >= 4 is 23.3 Å². The van der Waals surface area contributed by atoms with Crippen molar-refractivity contribution < 1.29 is 4.79 Å². The quantitative estimate of drug-likeness (QED) is 0.793. The second-order valence-corrected chi connectivity index (χ2v) is 5.51. The van der Waals surface area contributed by atoms with Crippen molar-refractivity contribution in [1.29, 1.82) is 0 Å². The minimum absolute atomic E-state index is 0.0987. The highest BCUT2D eigenvalue weighted by Gasteiger charge is 2.13. The maximum absolute atomic E-state index is 12.1. The molecule has 0 saturated heterocycles. The Bertz CT molecular complexity index is 714. The van der Waals surface area contributed by atoms with Gasteiger partial charge in [-0.15, -0.1) is 0 Å². The first-order valence-corrected chi connectivity index (χ1v) is 7.93. The number of rotatable bonds is 6. The fourth-order valence-electron chi connectivity index (χ4n) is 2.39. The summed E-state index contributed by atoms with van der Waals surface area (Å²) in [5.74, 6) is 0.455. The second kappa shape index (κ2) is 7.54. The summed E-state index contributed by atoms with van der Waals surface area (Å²) in [6.45, 7) is 3.98. The number of amides is 1. The predicted octanol–water partition coefficient (Wildman–Crippen LogP) is 1.90. The van der Waals surface area contributed by atoms with Crippen LogP contribution >= 0.6 is 0 Å². The summed E-state index contributed by atoms with van der Waals surface area (Å²) in [6.07, 6.45) is 4.32. The molecule has 0 saturated carbocycles. The van der Waals surface area contributed by atoms with E-state index in [1.807, 2.05) is 36.2 Å².